The lowest BCUT2D eigenvalue weighted by atomic mass is 10.1. The van der Waals surface area contributed by atoms with Crippen molar-refractivity contribution in [3.63, 3.8) is 0 Å². The standard InChI is InChI=1S/C13H24N4O3S/c1-16-11-13(10-15-16)21(18,19)17-7-4-3-5-12(17)9-14-6-8-20-2/h10-12,14H,3-9H2,1-2H3. The van der Waals surface area contributed by atoms with E-state index < -0.39 is 10.0 Å². The molecular weight excluding hydrogens is 292 g/mol. The van der Waals surface area contributed by atoms with E-state index >= 15 is 0 Å². The third-order valence-corrected chi connectivity index (χ3v) is 5.63. The van der Waals surface area contributed by atoms with Gasteiger partial charge in [-0.2, -0.15) is 9.40 Å². The predicted molar refractivity (Wildman–Crippen MR) is 79.5 cm³/mol. The normalized spacial score (nSPS) is 20.8. The van der Waals surface area contributed by atoms with Crippen LogP contribution in [0.25, 0.3) is 0 Å². The zero-order chi connectivity index (χ0) is 15.3. The highest BCUT2D eigenvalue weighted by atomic mass is 32.2. The van der Waals surface area contributed by atoms with E-state index in [0.717, 1.165) is 25.8 Å². The summed E-state index contributed by atoms with van der Waals surface area (Å²) in [7, 11) is -0.0789. The highest BCUT2D eigenvalue weighted by molar-refractivity contribution is 7.89. The first kappa shape index (κ1) is 16.4. The van der Waals surface area contributed by atoms with Crippen LogP contribution in [0.5, 0.6) is 0 Å². The monoisotopic (exact) mass is 316 g/mol. The zero-order valence-corrected chi connectivity index (χ0v) is 13.5. The molecule has 1 fully saturated rings. The van der Waals surface area contributed by atoms with Crippen molar-refractivity contribution >= 4 is 10.0 Å². The predicted octanol–water partition coefficient (Wildman–Crippen LogP) is 0.199. The first-order valence-electron chi connectivity index (χ1n) is 7.26. The first-order chi connectivity index (χ1) is 10.1. The average Bonchev–Trinajstić information content (AvgIpc) is 2.91. The molecule has 8 heteroatoms. The molecule has 0 spiro atoms. The van der Waals surface area contributed by atoms with Crippen molar-refractivity contribution in [1.82, 2.24) is 19.4 Å². The molecule has 1 saturated heterocycles. The Labute approximate surface area is 126 Å². The number of aromatic nitrogens is 2. The minimum atomic E-state index is -3.45. The minimum absolute atomic E-state index is 0.000752. The van der Waals surface area contributed by atoms with Crippen LogP contribution in [0.3, 0.4) is 0 Å². The second-order valence-corrected chi connectivity index (χ2v) is 7.20. The van der Waals surface area contributed by atoms with Crippen molar-refractivity contribution in [2.24, 2.45) is 7.05 Å². The maximum Gasteiger partial charge on any atom is 0.246 e. The van der Waals surface area contributed by atoms with Gasteiger partial charge in [0.1, 0.15) is 4.90 Å². The Balaban J connectivity index is 2.07. The Hall–Kier alpha value is -0.960. The lowest BCUT2D eigenvalue weighted by Crippen LogP contribution is -2.48. The van der Waals surface area contributed by atoms with Crippen LogP contribution >= 0.6 is 0 Å². The first-order valence-corrected chi connectivity index (χ1v) is 8.70. The molecule has 1 aromatic heterocycles. The summed E-state index contributed by atoms with van der Waals surface area (Å²) in [4.78, 5) is 0.272. The number of aryl methyl sites for hydroxylation is 1. The zero-order valence-electron chi connectivity index (χ0n) is 12.7. The van der Waals surface area contributed by atoms with E-state index in [1.165, 1.54) is 10.9 Å². The van der Waals surface area contributed by atoms with Gasteiger partial charge in [-0.15, -0.1) is 0 Å². The van der Waals surface area contributed by atoms with Crippen molar-refractivity contribution in [2.75, 3.05) is 33.4 Å². The Morgan fingerprint density at radius 3 is 2.95 bits per heavy atom. The fourth-order valence-electron chi connectivity index (χ4n) is 2.60. The van der Waals surface area contributed by atoms with Crippen molar-refractivity contribution in [2.45, 2.75) is 30.2 Å². The van der Waals surface area contributed by atoms with Gasteiger partial charge < -0.3 is 10.1 Å². The van der Waals surface area contributed by atoms with Gasteiger partial charge in [0.05, 0.1) is 12.8 Å². The molecule has 1 N–H and O–H groups in total. The Morgan fingerprint density at radius 2 is 2.29 bits per heavy atom. The second kappa shape index (κ2) is 7.35. The summed E-state index contributed by atoms with van der Waals surface area (Å²) >= 11 is 0. The van der Waals surface area contributed by atoms with E-state index in [0.29, 0.717) is 19.7 Å². The molecule has 7 nitrogen and oxygen atoms in total. The third-order valence-electron chi connectivity index (χ3n) is 3.72. The molecule has 1 aliphatic rings. The van der Waals surface area contributed by atoms with Crippen LogP contribution in [0, 0.1) is 0 Å². The summed E-state index contributed by atoms with van der Waals surface area (Å²) in [6.45, 7) is 2.59. The fourth-order valence-corrected chi connectivity index (χ4v) is 4.28. The van der Waals surface area contributed by atoms with Crippen molar-refractivity contribution in [3.8, 4) is 0 Å². The van der Waals surface area contributed by atoms with Crippen LogP contribution in [0.2, 0.25) is 0 Å². The van der Waals surface area contributed by atoms with Gasteiger partial charge >= 0.3 is 0 Å². The summed E-state index contributed by atoms with van der Waals surface area (Å²) in [6.07, 6.45) is 5.84. The number of ether oxygens (including phenoxy) is 1. The molecule has 1 unspecified atom stereocenters. The molecule has 1 aromatic rings. The number of hydrogen-bond donors (Lipinski definition) is 1. The van der Waals surface area contributed by atoms with Gasteiger partial charge in [-0.1, -0.05) is 6.42 Å². The molecule has 1 aliphatic heterocycles. The summed E-state index contributed by atoms with van der Waals surface area (Å²) in [5, 5.41) is 7.23. The quantitative estimate of drug-likeness (QED) is 0.727. The van der Waals surface area contributed by atoms with Gasteiger partial charge in [-0.25, -0.2) is 8.42 Å². The molecule has 21 heavy (non-hydrogen) atoms. The summed E-state index contributed by atoms with van der Waals surface area (Å²) in [5.74, 6) is 0. The molecule has 0 amide bonds. The van der Waals surface area contributed by atoms with E-state index in [9.17, 15) is 8.42 Å². The molecule has 120 valence electrons. The highest BCUT2D eigenvalue weighted by Gasteiger charge is 2.33. The highest BCUT2D eigenvalue weighted by Crippen LogP contribution is 2.24. The van der Waals surface area contributed by atoms with Crippen molar-refractivity contribution in [3.05, 3.63) is 12.4 Å². The van der Waals surface area contributed by atoms with Gasteiger partial charge in [-0.05, 0) is 12.8 Å². The van der Waals surface area contributed by atoms with Gasteiger partial charge in [0.25, 0.3) is 0 Å². The van der Waals surface area contributed by atoms with E-state index in [2.05, 4.69) is 10.4 Å². The smallest absolute Gasteiger partial charge is 0.246 e. The SMILES string of the molecule is COCCNCC1CCCCN1S(=O)(=O)c1cnn(C)c1. The maximum atomic E-state index is 12.7. The molecule has 0 aromatic carbocycles. The number of methoxy groups -OCH3 is 1. The lowest BCUT2D eigenvalue weighted by molar-refractivity contribution is 0.191. The van der Waals surface area contributed by atoms with Crippen LogP contribution in [0.1, 0.15) is 19.3 Å². The van der Waals surface area contributed by atoms with Crippen LogP contribution in [-0.2, 0) is 21.8 Å². The molecule has 0 radical (unpaired) electrons. The molecule has 0 saturated carbocycles. The van der Waals surface area contributed by atoms with Crippen LogP contribution in [-0.4, -0.2) is 61.9 Å². The molecule has 2 rings (SSSR count). The van der Waals surface area contributed by atoms with E-state index in [4.69, 9.17) is 4.74 Å². The van der Waals surface area contributed by atoms with Crippen LogP contribution in [0.4, 0.5) is 0 Å². The van der Waals surface area contributed by atoms with Crippen molar-refractivity contribution in [1.29, 1.82) is 0 Å². The summed E-state index contributed by atoms with van der Waals surface area (Å²) in [6, 6.07) is 0.000752. The minimum Gasteiger partial charge on any atom is -0.383 e. The molecule has 1 atom stereocenters. The molecular formula is C13H24N4O3S. The Bertz CT molecular complexity index is 543. The second-order valence-electron chi connectivity index (χ2n) is 5.31. The van der Waals surface area contributed by atoms with Gasteiger partial charge in [-0.3, -0.25) is 4.68 Å². The van der Waals surface area contributed by atoms with Gasteiger partial charge in [0, 0.05) is 46.0 Å². The van der Waals surface area contributed by atoms with E-state index in [-0.39, 0.29) is 10.9 Å². The number of rotatable bonds is 7. The van der Waals surface area contributed by atoms with Crippen LogP contribution < -0.4 is 5.32 Å². The topological polar surface area (TPSA) is 76.5 Å². The van der Waals surface area contributed by atoms with Gasteiger partial charge in [0.15, 0.2) is 0 Å². The maximum absolute atomic E-state index is 12.7. The Kier molecular flexibility index (Phi) is 5.74. The number of sulfonamides is 1. The lowest BCUT2D eigenvalue weighted by Gasteiger charge is -2.34. The van der Waals surface area contributed by atoms with Gasteiger partial charge in [0.2, 0.25) is 10.0 Å². The number of hydrogen-bond acceptors (Lipinski definition) is 5. The number of nitrogens with one attached hydrogen (secondary N) is 1. The van der Waals surface area contributed by atoms with E-state index in [1.54, 1.807) is 24.7 Å². The molecule has 0 aliphatic carbocycles. The summed E-state index contributed by atoms with van der Waals surface area (Å²) < 4.78 is 33.6. The van der Waals surface area contributed by atoms with Crippen LogP contribution in [0.15, 0.2) is 17.3 Å². The molecule has 0 bridgehead atoms. The molecule has 2 heterocycles. The number of nitrogens with zero attached hydrogens (tertiary/aromatic N) is 3. The average molecular weight is 316 g/mol. The largest absolute Gasteiger partial charge is 0.383 e. The van der Waals surface area contributed by atoms with E-state index in [1.807, 2.05) is 0 Å². The fraction of sp³-hybridized carbons (Fsp3) is 0.769. The van der Waals surface area contributed by atoms with Crippen molar-refractivity contribution < 1.29 is 13.2 Å². The Morgan fingerprint density at radius 1 is 1.48 bits per heavy atom. The summed E-state index contributed by atoms with van der Waals surface area (Å²) in [5.41, 5.74) is 0. The third kappa shape index (κ3) is 4.03. The number of piperidine rings is 1.